The van der Waals surface area contributed by atoms with E-state index < -0.39 is 0 Å². The van der Waals surface area contributed by atoms with Crippen molar-refractivity contribution in [2.24, 2.45) is 5.92 Å². The Morgan fingerprint density at radius 2 is 1.92 bits per heavy atom. The van der Waals surface area contributed by atoms with E-state index in [-0.39, 0.29) is 24.0 Å². The van der Waals surface area contributed by atoms with Gasteiger partial charge in [-0.2, -0.15) is 0 Å². The molecule has 1 atom stereocenters. The second-order valence-corrected chi connectivity index (χ2v) is 6.39. The fraction of sp³-hybridized carbons (Fsp3) is 0.579. The number of aryl methyl sites for hydroxylation is 1. The fourth-order valence-corrected chi connectivity index (χ4v) is 2.98. The van der Waals surface area contributed by atoms with Crippen molar-refractivity contribution >= 4 is 12.0 Å². The lowest BCUT2D eigenvalue weighted by Crippen LogP contribution is -2.48. The number of carbonyl (C=O) groups excluding carboxylic acids is 2. The average Bonchev–Trinajstić information content (AvgIpc) is 2.61. The molecule has 0 saturated carbocycles. The number of likely N-dealkylation sites (tertiary alicyclic amines) is 1. The smallest absolute Gasteiger partial charge is 0.317 e. The number of urea groups is 1. The molecular weight excluding hydrogens is 304 g/mol. The van der Waals surface area contributed by atoms with Crippen molar-refractivity contribution in [3.8, 4) is 0 Å². The Morgan fingerprint density at radius 1 is 1.25 bits per heavy atom. The molecule has 0 aromatic heterocycles. The largest absolute Gasteiger partial charge is 0.466 e. The minimum Gasteiger partial charge on any atom is -0.466 e. The van der Waals surface area contributed by atoms with Gasteiger partial charge in [0, 0.05) is 19.1 Å². The molecule has 0 bridgehead atoms. The van der Waals surface area contributed by atoms with Crippen LogP contribution in [0.1, 0.15) is 38.7 Å². The summed E-state index contributed by atoms with van der Waals surface area (Å²) in [6, 6.07) is 10.4. The van der Waals surface area contributed by atoms with Crippen LogP contribution in [0.2, 0.25) is 0 Å². The van der Waals surface area contributed by atoms with Gasteiger partial charge < -0.3 is 15.0 Å². The summed E-state index contributed by atoms with van der Waals surface area (Å²) < 4.78 is 5.06. The third-order valence-electron chi connectivity index (χ3n) is 4.48. The second-order valence-electron chi connectivity index (χ2n) is 6.39. The minimum atomic E-state index is -0.131. The first kappa shape index (κ1) is 18.3. The molecule has 24 heavy (non-hydrogen) atoms. The Kier molecular flexibility index (Phi) is 7.09. The Labute approximate surface area is 144 Å². The predicted molar refractivity (Wildman–Crippen MR) is 93.7 cm³/mol. The van der Waals surface area contributed by atoms with Crippen LogP contribution in [0.5, 0.6) is 0 Å². The van der Waals surface area contributed by atoms with E-state index in [1.807, 2.05) is 32.0 Å². The van der Waals surface area contributed by atoms with E-state index in [2.05, 4.69) is 17.4 Å². The molecule has 0 spiro atoms. The predicted octanol–water partition coefficient (Wildman–Crippen LogP) is 2.99. The average molecular weight is 332 g/mol. The number of benzene rings is 1. The van der Waals surface area contributed by atoms with E-state index in [4.69, 9.17) is 4.74 Å². The summed E-state index contributed by atoms with van der Waals surface area (Å²) in [5.41, 5.74) is 1.29. The number of esters is 1. The molecule has 1 heterocycles. The van der Waals surface area contributed by atoms with Crippen LogP contribution >= 0.6 is 0 Å². The molecule has 1 aliphatic rings. The first-order valence-corrected chi connectivity index (χ1v) is 8.86. The maximum Gasteiger partial charge on any atom is 0.317 e. The molecule has 5 nitrogen and oxygen atoms in total. The van der Waals surface area contributed by atoms with Crippen molar-refractivity contribution in [3.05, 3.63) is 35.9 Å². The van der Waals surface area contributed by atoms with Crippen molar-refractivity contribution in [3.63, 3.8) is 0 Å². The van der Waals surface area contributed by atoms with E-state index in [0.717, 1.165) is 12.8 Å². The summed E-state index contributed by atoms with van der Waals surface area (Å²) in [5, 5.41) is 3.06. The van der Waals surface area contributed by atoms with E-state index in [1.54, 1.807) is 4.90 Å². The zero-order valence-corrected chi connectivity index (χ0v) is 14.7. The number of carbonyl (C=O) groups is 2. The van der Waals surface area contributed by atoms with Crippen molar-refractivity contribution in [1.29, 1.82) is 0 Å². The summed E-state index contributed by atoms with van der Waals surface area (Å²) in [6.45, 7) is 5.49. The number of hydrogen-bond acceptors (Lipinski definition) is 3. The third kappa shape index (κ3) is 5.55. The number of nitrogens with zero attached hydrogens (tertiary/aromatic N) is 1. The summed E-state index contributed by atoms with van der Waals surface area (Å²) in [5.74, 6) is -0.196. The van der Waals surface area contributed by atoms with Crippen LogP contribution in [-0.2, 0) is 16.0 Å². The molecule has 1 N–H and O–H groups in total. The highest BCUT2D eigenvalue weighted by Gasteiger charge is 2.28. The molecule has 1 aliphatic heterocycles. The van der Waals surface area contributed by atoms with Gasteiger partial charge in [0.15, 0.2) is 0 Å². The number of hydrogen-bond donors (Lipinski definition) is 1. The van der Waals surface area contributed by atoms with E-state index >= 15 is 0 Å². The van der Waals surface area contributed by atoms with Crippen LogP contribution in [-0.4, -0.2) is 42.6 Å². The molecule has 2 amide bonds. The van der Waals surface area contributed by atoms with Gasteiger partial charge in [-0.25, -0.2) is 4.79 Å². The molecular formula is C19H28N2O3. The van der Waals surface area contributed by atoms with Crippen molar-refractivity contribution < 1.29 is 14.3 Å². The number of rotatable bonds is 6. The SMILES string of the molecule is CCOC(=O)C1CCN(C(=O)N[C@@H](C)CCc2ccccc2)CC1. The molecule has 1 aromatic rings. The lowest BCUT2D eigenvalue weighted by molar-refractivity contribution is -0.149. The summed E-state index contributed by atoms with van der Waals surface area (Å²) in [7, 11) is 0. The maximum absolute atomic E-state index is 12.3. The number of nitrogens with one attached hydrogen (secondary N) is 1. The highest BCUT2D eigenvalue weighted by Crippen LogP contribution is 2.19. The fourth-order valence-electron chi connectivity index (χ4n) is 2.98. The first-order chi connectivity index (χ1) is 11.6. The standard InChI is InChI=1S/C19H28N2O3/c1-3-24-18(22)17-11-13-21(14-12-17)19(23)20-15(2)9-10-16-7-5-4-6-8-16/h4-8,15,17H,3,9-14H2,1-2H3,(H,20,23)/t15-/m0/s1. The van der Waals surface area contributed by atoms with Gasteiger partial charge in [0.05, 0.1) is 12.5 Å². The third-order valence-corrected chi connectivity index (χ3v) is 4.48. The zero-order valence-electron chi connectivity index (χ0n) is 14.7. The van der Waals surface area contributed by atoms with Gasteiger partial charge in [0.2, 0.25) is 0 Å². The van der Waals surface area contributed by atoms with Crippen molar-refractivity contribution in [2.75, 3.05) is 19.7 Å². The van der Waals surface area contributed by atoms with Crippen LogP contribution in [0.4, 0.5) is 4.79 Å². The number of ether oxygens (including phenoxy) is 1. The van der Waals surface area contributed by atoms with Crippen LogP contribution in [0.3, 0.4) is 0 Å². The Hall–Kier alpha value is -2.04. The Morgan fingerprint density at radius 3 is 2.54 bits per heavy atom. The molecule has 132 valence electrons. The second kappa shape index (κ2) is 9.30. The normalized spacial score (nSPS) is 16.5. The number of piperidine rings is 1. The van der Waals surface area contributed by atoms with Gasteiger partial charge in [-0.05, 0) is 45.1 Å². The van der Waals surface area contributed by atoms with Gasteiger partial charge in [-0.15, -0.1) is 0 Å². The molecule has 1 saturated heterocycles. The van der Waals surface area contributed by atoms with Gasteiger partial charge >= 0.3 is 12.0 Å². The molecule has 1 fully saturated rings. The van der Waals surface area contributed by atoms with E-state index in [9.17, 15) is 9.59 Å². The Bertz CT molecular complexity index is 525. The van der Waals surface area contributed by atoms with E-state index in [0.29, 0.717) is 32.5 Å². The minimum absolute atomic E-state index is 0.0297. The molecule has 0 aliphatic carbocycles. The highest BCUT2D eigenvalue weighted by molar-refractivity contribution is 5.76. The molecule has 2 rings (SSSR count). The van der Waals surface area contributed by atoms with Crippen LogP contribution < -0.4 is 5.32 Å². The van der Waals surface area contributed by atoms with Gasteiger partial charge in [-0.1, -0.05) is 30.3 Å². The summed E-state index contributed by atoms with van der Waals surface area (Å²) in [6.07, 6.45) is 3.23. The Balaban J connectivity index is 1.70. The zero-order chi connectivity index (χ0) is 17.4. The van der Waals surface area contributed by atoms with Gasteiger partial charge in [0.25, 0.3) is 0 Å². The van der Waals surface area contributed by atoms with E-state index in [1.165, 1.54) is 5.56 Å². The quantitative estimate of drug-likeness (QED) is 0.815. The topological polar surface area (TPSA) is 58.6 Å². The van der Waals surface area contributed by atoms with Crippen molar-refractivity contribution in [2.45, 2.75) is 45.6 Å². The molecule has 0 unspecified atom stereocenters. The van der Waals surface area contributed by atoms with Gasteiger partial charge in [-0.3, -0.25) is 4.79 Å². The molecule has 1 aromatic carbocycles. The lowest BCUT2D eigenvalue weighted by atomic mass is 9.97. The maximum atomic E-state index is 12.3. The number of amides is 2. The lowest BCUT2D eigenvalue weighted by Gasteiger charge is -2.31. The van der Waals surface area contributed by atoms with Crippen molar-refractivity contribution in [1.82, 2.24) is 10.2 Å². The summed E-state index contributed by atoms with van der Waals surface area (Å²) in [4.78, 5) is 25.9. The first-order valence-electron chi connectivity index (χ1n) is 8.86. The monoisotopic (exact) mass is 332 g/mol. The van der Waals surface area contributed by atoms with Gasteiger partial charge in [0.1, 0.15) is 0 Å². The van der Waals surface area contributed by atoms with Crippen LogP contribution in [0, 0.1) is 5.92 Å². The summed E-state index contributed by atoms with van der Waals surface area (Å²) >= 11 is 0. The van der Waals surface area contributed by atoms with Crippen LogP contribution in [0.25, 0.3) is 0 Å². The van der Waals surface area contributed by atoms with Crippen LogP contribution in [0.15, 0.2) is 30.3 Å². The molecule has 0 radical (unpaired) electrons. The highest BCUT2D eigenvalue weighted by atomic mass is 16.5. The molecule has 5 heteroatoms.